The molecule has 2 aliphatic carbocycles. The number of anilines is 1. The lowest BCUT2D eigenvalue weighted by Crippen LogP contribution is -2.57. The number of hydrogen-bond donors (Lipinski definition) is 3. The second-order valence-corrected chi connectivity index (χ2v) is 11.6. The van der Waals surface area contributed by atoms with Crippen LogP contribution in [0.1, 0.15) is 69.0 Å². The standard InChI is InChI=1S/C27H39N3O3S/c1-5-30(6-2)23(33)14-19-24-20(34-25(29-24)28-16-18-10-8-7-9-11-18)15-21-26(19,3)13-12-22(32)27(21,4)17-31/h7-11,19,21-22,31-32H,5-6,12-17H2,1-4H3,(H,28,29)/t19-,21+,22-,26+,27+/m1/s1. The fourth-order valence-electron chi connectivity index (χ4n) is 6.37. The molecule has 1 fully saturated rings. The maximum Gasteiger partial charge on any atom is 0.223 e. The van der Waals surface area contributed by atoms with Crippen LogP contribution in [-0.2, 0) is 17.8 Å². The number of benzene rings is 1. The Morgan fingerprint density at radius 1 is 1.24 bits per heavy atom. The molecule has 7 heteroatoms. The van der Waals surface area contributed by atoms with Crippen molar-refractivity contribution < 1.29 is 15.0 Å². The van der Waals surface area contributed by atoms with Crippen molar-refractivity contribution in [2.24, 2.45) is 16.7 Å². The normalized spacial score (nSPS) is 30.4. The third-order valence-corrected chi connectivity index (χ3v) is 9.73. The van der Waals surface area contributed by atoms with E-state index in [0.29, 0.717) is 32.5 Å². The number of hydrogen-bond acceptors (Lipinski definition) is 6. The zero-order valence-corrected chi connectivity index (χ0v) is 21.7. The van der Waals surface area contributed by atoms with Crippen molar-refractivity contribution in [3.8, 4) is 0 Å². The highest BCUT2D eigenvalue weighted by atomic mass is 32.1. The maximum atomic E-state index is 13.3. The van der Waals surface area contributed by atoms with Crippen LogP contribution in [0.15, 0.2) is 30.3 Å². The molecule has 34 heavy (non-hydrogen) atoms. The number of aliphatic hydroxyl groups excluding tert-OH is 2. The molecule has 1 aromatic carbocycles. The van der Waals surface area contributed by atoms with Crippen LogP contribution in [0.5, 0.6) is 0 Å². The fourth-order valence-corrected chi connectivity index (χ4v) is 7.44. The van der Waals surface area contributed by atoms with E-state index >= 15 is 0 Å². The van der Waals surface area contributed by atoms with E-state index in [1.807, 2.05) is 43.9 Å². The average molecular weight is 486 g/mol. The first kappa shape index (κ1) is 25.1. The number of fused-ring (bicyclic) bond motifs is 2. The summed E-state index contributed by atoms with van der Waals surface area (Å²) in [6, 6.07) is 10.3. The molecule has 5 atom stereocenters. The Hall–Kier alpha value is -1.96. The molecule has 0 saturated heterocycles. The molecular formula is C27H39N3O3S. The molecule has 0 aliphatic heterocycles. The maximum absolute atomic E-state index is 13.3. The minimum absolute atomic E-state index is 0.0312. The lowest BCUT2D eigenvalue weighted by molar-refractivity contribution is -0.147. The molecule has 6 nitrogen and oxygen atoms in total. The highest BCUT2D eigenvalue weighted by Crippen LogP contribution is 2.62. The topological polar surface area (TPSA) is 85.7 Å². The van der Waals surface area contributed by atoms with Gasteiger partial charge in [-0.3, -0.25) is 4.79 Å². The number of nitrogens with one attached hydrogen (secondary N) is 1. The van der Waals surface area contributed by atoms with Gasteiger partial charge < -0.3 is 20.4 Å². The smallest absolute Gasteiger partial charge is 0.223 e. The lowest BCUT2D eigenvalue weighted by atomic mass is 9.47. The molecule has 1 amide bonds. The molecular weight excluding hydrogens is 446 g/mol. The third kappa shape index (κ3) is 4.38. The zero-order chi connectivity index (χ0) is 24.5. The van der Waals surface area contributed by atoms with Crippen molar-refractivity contribution in [3.63, 3.8) is 0 Å². The minimum Gasteiger partial charge on any atom is -0.396 e. The molecule has 1 aromatic heterocycles. The predicted octanol–water partition coefficient (Wildman–Crippen LogP) is 4.43. The van der Waals surface area contributed by atoms with Gasteiger partial charge >= 0.3 is 0 Å². The van der Waals surface area contributed by atoms with E-state index in [0.717, 1.165) is 23.7 Å². The van der Waals surface area contributed by atoms with Crippen molar-refractivity contribution >= 4 is 22.4 Å². The molecule has 3 N–H and O–H groups in total. The van der Waals surface area contributed by atoms with E-state index in [1.54, 1.807) is 11.3 Å². The number of amides is 1. The van der Waals surface area contributed by atoms with Crippen molar-refractivity contribution in [1.29, 1.82) is 0 Å². The second kappa shape index (κ2) is 9.96. The Kier molecular flexibility index (Phi) is 7.36. The Morgan fingerprint density at radius 3 is 2.59 bits per heavy atom. The van der Waals surface area contributed by atoms with Crippen LogP contribution >= 0.6 is 11.3 Å². The van der Waals surface area contributed by atoms with Crippen LogP contribution in [-0.4, -0.2) is 51.8 Å². The quantitative estimate of drug-likeness (QED) is 0.515. The average Bonchev–Trinajstić information content (AvgIpc) is 3.26. The SMILES string of the molecule is CCN(CC)C(=O)C[C@@H]1c2nc(NCc3ccccc3)sc2C[C@@H]2[C@](C)(CO)[C@H](O)CC[C@]21C. The summed E-state index contributed by atoms with van der Waals surface area (Å²) in [6.07, 6.45) is 2.12. The first-order valence-electron chi connectivity index (χ1n) is 12.6. The van der Waals surface area contributed by atoms with E-state index in [9.17, 15) is 15.0 Å². The number of aliphatic hydroxyl groups is 2. The summed E-state index contributed by atoms with van der Waals surface area (Å²) in [7, 11) is 0. The van der Waals surface area contributed by atoms with Gasteiger partial charge in [0.25, 0.3) is 0 Å². The highest BCUT2D eigenvalue weighted by Gasteiger charge is 2.59. The van der Waals surface area contributed by atoms with Gasteiger partial charge in [-0.15, -0.1) is 11.3 Å². The van der Waals surface area contributed by atoms with Gasteiger partial charge in [0, 0.05) is 42.3 Å². The molecule has 1 heterocycles. The van der Waals surface area contributed by atoms with E-state index in [2.05, 4.69) is 24.4 Å². The van der Waals surface area contributed by atoms with Gasteiger partial charge in [-0.2, -0.15) is 0 Å². The first-order valence-corrected chi connectivity index (χ1v) is 13.4. The van der Waals surface area contributed by atoms with Gasteiger partial charge in [0.15, 0.2) is 5.13 Å². The third-order valence-electron chi connectivity index (χ3n) is 8.68. The fraction of sp³-hybridized carbons (Fsp3) is 0.630. The Morgan fingerprint density at radius 2 is 1.94 bits per heavy atom. The minimum atomic E-state index is -0.594. The molecule has 0 radical (unpaired) electrons. The van der Waals surface area contributed by atoms with Gasteiger partial charge in [0.1, 0.15) is 0 Å². The Bertz CT molecular complexity index is 992. The van der Waals surface area contributed by atoms with Crippen LogP contribution in [0.4, 0.5) is 5.13 Å². The molecule has 2 aliphatic rings. The predicted molar refractivity (Wildman–Crippen MR) is 137 cm³/mol. The van der Waals surface area contributed by atoms with E-state index in [4.69, 9.17) is 4.98 Å². The molecule has 0 bridgehead atoms. The molecule has 0 spiro atoms. The molecule has 2 aromatic rings. The number of aromatic nitrogens is 1. The Balaban J connectivity index is 1.70. The summed E-state index contributed by atoms with van der Waals surface area (Å²) in [4.78, 5) is 21.4. The van der Waals surface area contributed by atoms with Gasteiger partial charge in [-0.25, -0.2) is 4.98 Å². The van der Waals surface area contributed by atoms with Crippen molar-refractivity contribution in [3.05, 3.63) is 46.5 Å². The summed E-state index contributed by atoms with van der Waals surface area (Å²) < 4.78 is 0. The van der Waals surface area contributed by atoms with Gasteiger partial charge in [-0.05, 0) is 50.0 Å². The summed E-state index contributed by atoms with van der Waals surface area (Å²) in [5.41, 5.74) is 1.43. The van der Waals surface area contributed by atoms with Crippen molar-refractivity contribution in [2.45, 2.75) is 71.9 Å². The van der Waals surface area contributed by atoms with Gasteiger partial charge in [0.05, 0.1) is 18.4 Å². The number of carbonyl (C=O) groups excluding carboxylic acids is 1. The summed E-state index contributed by atoms with van der Waals surface area (Å²) in [5.74, 6) is 0.209. The van der Waals surface area contributed by atoms with Crippen LogP contribution in [0, 0.1) is 16.7 Å². The number of thiazole rings is 1. The molecule has 4 rings (SSSR count). The second-order valence-electron chi connectivity index (χ2n) is 10.5. The Labute approximate surface area is 207 Å². The van der Waals surface area contributed by atoms with Crippen molar-refractivity contribution in [2.75, 3.05) is 25.0 Å². The molecule has 0 unspecified atom stereocenters. The van der Waals surface area contributed by atoms with Crippen LogP contribution < -0.4 is 5.32 Å². The zero-order valence-electron chi connectivity index (χ0n) is 20.9. The number of nitrogens with zero attached hydrogens (tertiary/aromatic N) is 2. The monoisotopic (exact) mass is 485 g/mol. The summed E-state index contributed by atoms with van der Waals surface area (Å²) >= 11 is 1.66. The largest absolute Gasteiger partial charge is 0.396 e. The van der Waals surface area contributed by atoms with Crippen LogP contribution in [0.25, 0.3) is 0 Å². The van der Waals surface area contributed by atoms with E-state index in [-0.39, 0.29) is 29.8 Å². The van der Waals surface area contributed by atoms with Crippen LogP contribution in [0.3, 0.4) is 0 Å². The number of carbonyl (C=O) groups is 1. The van der Waals surface area contributed by atoms with E-state index in [1.165, 1.54) is 10.4 Å². The van der Waals surface area contributed by atoms with E-state index < -0.39 is 11.5 Å². The first-order chi connectivity index (χ1) is 16.3. The summed E-state index contributed by atoms with van der Waals surface area (Å²) in [6.45, 7) is 10.4. The highest BCUT2D eigenvalue weighted by molar-refractivity contribution is 7.15. The summed E-state index contributed by atoms with van der Waals surface area (Å²) in [5, 5.41) is 25.7. The molecule has 186 valence electrons. The molecule has 1 saturated carbocycles. The van der Waals surface area contributed by atoms with Gasteiger partial charge in [0.2, 0.25) is 5.91 Å². The van der Waals surface area contributed by atoms with Gasteiger partial charge in [-0.1, -0.05) is 44.2 Å². The lowest BCUT2D eigenvalue weighted by Gasteiger charge is -2.58. The van der Waals surface area contributed by atoms with Crippen molar-refractivity contribution in [1.82, 2.24) is 9.88 Å². The van der Waals surface area contributed by atoms with Crippen LogP contribution in [0.2, 0.25) is 0 Å². The number of rotatable bonds is 8.